The Morgan fingerprint density at radius 1 is 1.29 bits per heavy atom. The molecule has 1 fully saturated rings. The smallest absolute Gasteiger partial charge is 0.406 e. The molecule has 1 aromatic rings. The maximum absolute atomic E-state index is 10.9. The average Bonchev–Trinajstić information content (AvgIpc) is 2.62. The lowest BCUT2D eigenvalue weighted by Crippen LogP contribution is -2.35. The SMILES string of the molecule is CNC(=O)OCCOCC1CCN(c2ccc(N)c(NC)c2)CC1. The van der Waals surface area contributed by atoms with Crippen LogP contribution in [0.3, 0.4) is 0 Å². The van der Waals surface area contributed by atoms with E-state index in [2.05, 4.69) is 27.7 Å². The first-order valence-electron chi connectivity index (χ1n) is 8.38. The van der Waals surface area contributed by atoms with Gasteiger partial charge in [-0.15, -0.1) is 0 Å². The lowest BCUT2D eigenvalue weighted by atomic mass is 9.97. The summed E-state index contributed by atoms with van der Waals surface area (Å²) in [7, 11) is 3.42. The lowest BCUT2D eigenvalue weighted by Gasteiger charge is -2.33. The van der Waals surface area contributed by atoms with Crippen LogP contribution in [0.4, 0.5) is 21.9 Å². The first-order chi connectivity index (χ1) is 11.6. The summed E-state index contributed by atoms with van der Waals surface area (Å²) in [5, 5.41) is 5.53. The van der Waals surface area contributed by atoms with Crippen molar-refractivity contribution < 1.29 is 14.3 Å². The zero-order valence-electron chi connectivity index (χ0n) is 14.5. The van der Waals surface area contributed by atoms with Gasteiger partial charge in [0.05, 0.1) is 18.0 Å². The minimum absolute atomic E-state index is 0.288. The molecule has 0 unspecified atom stereocenters. The van der Waals surface area contributed by atoms with Crippen molar-refractivity contribution in [3.63, 3.8) is 0 Å². The largest absolute Gasteiger partial charge is 0.447 e. The number of alkyl carbamates (subject to hydrolysis) is 1. The van der Waals surface area contributed by atoms with Crippen molar-refractivity contribution in [3.8, 4) is 0 Å². The molecule has 4 N–H and O–H groups in total. The van der Waals surface area contributed by atoms with E-state index in [1.165, 1.54) is 12.7 Å². The molecule has 134 valence electrons. The highest BCUT2D eigenvalue weighted by atomic mass is 16.6. The molecule has 1 aliphatic heterocycles. The van der Waals surface area contributed by atoms with Gasteiger partial charge in [-0.1, -0.05) is 0 Å². The summed E-state index contributed by atoms with van der Waals surface area (Å²) < 4.78 is 10.5. The van der Waals surface area contributed by atoms with Crippen LogP contribution < -0.4 is 21.3 Å². The Morgan fingerprint density at radius 2 is 2.04 bits per heavy atom. The van der Waals surface area contributed by atoms with E-state index in [-0.39, 0.29) is 6.61 Å². The molecular weight excluding hydrogens is 308 g/mol. The van der Waals surface area contributed by atoms with Crippen LogP contribution in [-0.4, -0.2) is 53.1 Å². The molecule has 0 bridgehead atoms. The number of anilines is 3. The Kier molecular flexibility index (Phi) is 6.99. The van der Waals surface area contributed by atoms with E-state index < -0.39 is 6.09 Å². The summed E-state index contributed by atoms with van der Waals surface area (Å²) in [5.41, 5.74) is 8.86. The second-order valence-electron chi connectivity index (χ2n) is 5.91. The molecule has 7 nitrogen and oxygen atoms in total. The van der Waals surface area contributed by atoms with Crippen molar-refractivity contribution in [1.29, 1.82) is 0 Å². The highest BCUT2D eigenvalue weighted by Crippen LogP contribution is 2.28. The number of piperidine rings is 1. The fourth-order valence-corrected chi connectivity index (χ4v) is 2.83. The molecular formula is C17H28N4O3. The number of nitrogens with zero attached hydrogens (tertiary/aromatic N) is 1. The number of hydrogen-bond acceptors (Lipinski definition) is 6. The standard InChI is InChI=1S/C17H28N4O3/c1-19-16-11-14(3-4-15(16)18)21-7-5-13(6-8-21)12-23-9-10-24-17(22)20-2/h3-4,11,13,19H,5-10,12,18H2,1-2H3,(H,20,22). The first-order valence-corrected chi connectivity index (χ1v) is 8.38. The van der Waals surface area contributed by atoms with Crippen molar-refractivity contribution in [3.05, 3.63) is 18.2 Å². The fourth-order valence-electron chi connectivity index (χ4n) is 2.83. The Morgan fingerprint density at radius 3 is 2.71 bits per heavy atom. The maximum atomic E-state index is 10.9. The zero-order valence-corrected chi connectivity index (χ0v) is 14.5. The fraction of sp³-hybridized carbons (Fsp3) is 0.588. The molecule has 0 radical (unpaired) electrons. The number of carbonyl (C=O) groups is 1. The molecule has 0 saturated carbocycles. The summed E-state index contributed by atoms with van der Waals surface area (Å²) in [5.74, 6) is 0.554. The Hall–Kier alpha value is -2.15. The molecule has 0 aliphatic carbocycles. The van der Waals surface area contributed by atoms with Gasteiger partial charge in [-0.25, -0.2) is 4.79 Å². The number of benzene rings is 1. The number of rotatable bonds is 7. The lowest BCUT2D eigenvalue weighted by molar-refractivity contribution is 0.0509. The molecule has 1 heterocycles. The maximum Gasteiger partial charge on any atom is 0.406 e. The molecule has 1 amide bonds. The highest BCUT2D eigenvalue weighted by molar-refractivity contribution is 5.72. The van der Waals surface area contributed by atoms with Crippen LogP contribution in [0, 0.1) is 5.92 Å². The average molecular weight is 336 g/mol. The van der Waals surface area contributed by atoms with Crippen LogP contribution >= 0.6 is 0 Å². The Bertz CT molecular complexity index is 531. The number of nitrogens with one attached hydrogen (secondary N) is 2. The molecule has 1 saturated heterocycles. The van der Waals surface area contributed by atoms with Crippen LogP contribution in [0.1, 0.15) is 12.8 Å². The van der Waals surface area contributed by atoms with Gasteiger partial charge in [0, 0.05) is 39.5 Å². The molecule has 1 aliphatic rings. The van der Waals surface area contributed by atoms with Gasteiger partial charge in [-0.05, 0) is 37.0 Å². The minimum atomic E-state index is -0.420. The Balaban J connectivity index is 1.69. The Labute approximate surface area is 143 Å². The minimum Gasteiger partial charge on any atom is -0.447 e. The molecule has 2 rings (SSSR count). The van der Waals surface area contributed by atoms with Gasteiger partial charge >= 0.3 is 6.09 Å². The zero-order chi connectivity index (χ0) is 17.4. The number of nitrogens with two attached hydrogens (primary N) is 1. The third-order valence-corrected chi connectivity index (χ3v) is 4.30. The normalized spacial score (nSPS) is 15.2. The van der Waals surface area contributed by atoms with Crippen LogP contribution in [0.5, 0.6) is 0 Å². The van der Waals surface area contributed by atoms with Crippen LogP contribution in [0.25, 0.3) is 0 Å². The van der Waals surface area contributed by atoms with E-state index in [1.807, 2.05) is 13.1 Å². The third-order valence-electron chi connectivity index (χ3n) is 4.30. The second kappa shape index (κ2) is 9.22. The van der Waals surface area contributed by atoms with Gasteiger partial charge in [0.15, 0.2) is 0 Å². The van der Waals surface area contributed by atoms with E-state index in [1.54, 1.807) is 0 Å². The van der Waals surface area contributed by atoms with E-state index >= 15 is 0 Å². The summed E-state index contributed by atoms with van der Waals surface area (Å²) in [6, 6.07) is 6.12. The highest BCUT2D eigenvalue weighted by Gasteiger charge is 2.20. The summed E-state index contributed by atoms with van der Waals surface area (Å²) in [6.45, 7) is 3.47. The van der Waals surface area contributed by atoms with Gasteiger partial charge in [-0.2, -0.15) is 0 Å². The topological polar surface area (TPSA) is 88.9 Å². The first kappa shape index (κ1) is 18.2. The number of carbonyl (C=O) groups excluding carboxylic acids is 1. The van der Waals surface area contributed by atoms with E-state index in [4.69, 9.17) is 15.2 Å². The van der Waals surface area contributed by atoms with Crippen molar-refractivity contribution in [2.45, 2.75) is 12.8 Å². The number of amides is 1. The molecule has 24 heavy (non-hydrogen) atoms. The predicted octanol–water partition coefficient (Wildman–Crippen LogP) is 1.90. The van der Waals surface area contributed by atoms with E-state index in [0.29, 0.717) is 19.1 Å². The van der Waals surface area contributed by atoms with Crippen molar-refractivity contribution in [2.24, 2.45) is 5.92 Å². The number of ether oxygens (including phenoxy) is 2. The predicted molar refractivity (Wildman–Crippen MR) is 96.6 cm³/mol. The van der Waals surface area contributed by atoms with Crippen LogP contribution in [-0.2, 0) is 9.47 Å². The van der Waals surface area contributed by atoms with Gasteiger partial charge in [-0.3, -0.25) is 0 Å². The quantitative estimate of drug-likeness (QED) is 0.521. The van der Waals surface area contributed by atoms with Gasteiger partial charge in [0.25, 0.3) is 0 Å². The molecule has 0 spiro atoms. The molecule has 0 aromatic heterocycles. The van der Waals surface area contributed by atoms with Gasteiger partial charge < -0.3 is 30.7 Å². The monoisotopic (exact) mass is 336 g/mol. The van der Waals surface area contributed by atoms with Gasteiger partial charge in [0.2, 0.25) is 0 Å². The van der Waals surface area contributed by atoms with Crippen LogP contribution in [0.2, 0.25) is 0 Å². The second-order valence-corrected chi connectivity index (χ2v) is 5.91. The molecule has 7 heteroatoms. The van der Waals surface area contributed by atoms with E-state index in [0.717, 1.165) is 37.3 Å². The number of hydrogen-bond donors (Lipinski definition) is 3. The van der Waals surface area contributed by atoms with Crippen molar-refractivity contribution >= 4 is 23.2 Å². The third kappa shape index (κ3) is 5.19. The van der Waals surface area contributed by atoms with E-state index in [9.17, 15) is 4.79 Å². The number of nitrogen functional groups attached to an aromatic ring is 1. The molecule has 1 aromatic carbocycles. The molecule has 0 atom stereocenters. The summed E-state index contributed by atoms with van der Waals surface area (Å²) in [4.78, 5) is 13.3. The summed E-state index contributed by atoms with van der Waals surface area (Å²) >= 11 is 0. The van der Waals surface area contributed by atoms with Crippen molar-refractivity contribution in [1.82, 2.24) is 5.32 Å². The summed E-state index contributed by atoms with van der Waals surface area (Å²) in [6.07, 6.45) is 1.77. The van der Waals surface area contributed by atoms with Crippen LogP contribution in [0.15, 0.2) is 18.2 Å². The van der Waals surface area contributed by atoms with Gasteiger partial charge in [0.1, 0.15) is 6.61 Å². The van der Waals surface area contributed by atoms with Crippen molar-refractivity contribution in [2.75, 3.05) is 63.0 Å².